The van der Waals surface area contributed by atoms with E-state index >= 15 is 0 Å². The average Bonchev–Trinajstić information content (AvgIpc) is 2.82. The van der Waals surface area contributed by atoms with Crippen LogP contribution in [0, 0.1) is 17.8 Å². The predicted octanol–water partition coefficient (Wildman–Crippen LogP) is 2.41. The Morgan fingerprint density at radius 2 is 2.06 bits per heavy atom. The molecule has 1 heterocycles. The van der Waals surface area contributed by atoms with Crippen molar-refractivity contribution in [1.29, 1.82) is 0 Å². The third kappa shape index (κ3) is 2.04. The van der Waals surface area contributed by atoms with Gasteiger partial charge >= 0.3 is 0 Å². The quantitative estimate of drug-likeness (QED) is 0.766. The third-order valence-corrected chi connectivity index (χ3v) is 5.75. The molecule has 4 rings (SSSR count). The van der Waals surface area contributed by atoms with Gasteiger partial charge in [0.2, 0.25) is 0 Å². The highest BCUT2D eigenvalue weighted by Crippen LogP contribution is 2.45. The molecule has 0 spiro atoms. The third-order valence-electron chi connectivity index (χ3n) is 5.75. The smallest absolute Gasteiger partial charge is 0.0209 e. The van der Waals surface area contributed by atoms with Crippen molar-refractivity contribution in [2.75, 3.05) is 13.1 Å². The van der Waals surface area contributed by atoms with Crippen LogP contribution >= 0.6 is 0 Å². The van der Waals surface area contributed by atoms with Crippen molar-refractivity contribution >= 4 is 0 Å². The van der Waals surface area contributed by atoms with Crippen LogP contribution in [0.25, 0.3) is 0 Å². The first-order valence-electron chi connectivity index (χ1n) is 7.98. The maximum absolute atomic E-state index is 3.94. The molecule has 2 bridgehead atoms. The lowest BCUT2D eigenvalue weighted by atomic mass is 9.87. The Morgan fingerprint density at radius 1 is 1.17 bits per heavy atom. The van der Waals surface area contributed by atoms with Gasteiger partial charge in [-0.25, -0.2) is 0 Å². The second-order valence-electron chi connectivity index (χ2n) is 7.11. The van der Waals surface area contributed by atoms with Crippen molar-refractivity contribution in [2.45, 2.75) is 57.2 Å². The second kappa shape index (κ2) is 4.35. The molecule has 2 heteroatoms. The van der Waals surface area contributed by atoms with Gasteiger partial charge in [-0.2, -0.15) is 0 Å². The summed E-state index contributed by atoms with van der Waals surface area (Å²) in [6, 6.07) is 2.44. The SMILES string of the molecule is CC(NC1CCN(C2CC2)C1)C1CC2C=CC1C2. The van der Waals surface area contributed by atoms with Crippen molar-refractivity contribution in [2.24, 2.45) is 17.8 Å². The molecular weight excluding hydrogens is 220 g/mol. The van der Waals surface area contributed by atoms with Crippen LogP contribution in [0.5, 0.6) is 0 Å². The van der Waals surface area contributed by atoms with Gasteiger partial charge < -0.3 is 5.32 Å². The van der Waals surface area contributed by atoms with E-state index in [0.717, 1.165) is 29.8 Å². The summed E-state index contributed by atoms with van der Waals surface area (Å²) in [7, 11) is 0. The minimum absolute atomic E-state index is 0.717. The van der Waals surface area contributed by atoms with Gasteiger partial charge in [0, 0.05) is 31.2 Å². The van der Waals surface area contributed by atoms with Gasteiger partial charge in [0.25, 0.3) is 0 Å². The Kier molecular flexibility index (Phi) is 2.77. The van der Waals surface area contributed by atoms with Crippen LogP contribution in [0.4, 0.5) is 0 Å². The minimum atomic E-state index is 0.717. The zero-order valence-electron chi connectivity index (χ0n) is 11.5. The van der Waals surface area contributed by atoms with Crippen molar-refractivity contribution < 1.29 is 0 Å². The monoisotopic (exact) mass is 246 g/mol. The summed E-state index contributed by atoms with van der Waals surface area (Å²) in [5, 5.41) is 3.94. The first kappa shape index (κ1) is 11.5. The fourth-order valence-electron chi connectivity index (χ4n) is 4.59. The number of hydrogen-bond acceptors (Lipinski definition) is 2. The average molecular weight is 246 g/mol. The van der Waals surface area contributed by atoms with E-state index in [2.05, 4.69) is 29.3 Å². The van der Waals surface area contributed by atoms with Crippen molar-refractivity contribution in [3.05, 3.63) is 12.2 Å². The predicted molar refractivity (Wildman–Crippen MR) is 74.4 cm³/mol. The van der Waals surface area contributed by atoms with Crippen molar-refractivity contribution in [1.82, 2.24) is 10.2 Å². The number of likely N-dealkylation sites (tertiary alicyclic amines) is 1. The fourth-order valence-corrected chi connectivity index (χ4v) is 4.59. The molecule has 2 saturated carbocycles. The van der Waals surface area contributed by atoms with Crippen molar-refractivity contribution in [3.63, 3.8) is 0 Å². The van der Waals surface area contributed by atoms with E-state index in [4.69, 9.17) is 0 Å². The van der Waals surface area contributed by atoms with Crippen LogP contribution in [0.1, 0.15) is 39.0 Å². The van der Waals surface area contributed by atoms with E-state index < -0.39 is 0 Å². The molecule has 3 aliphatic carbocycles. The standard InChI is InChI=1S/C16H26N2/c1-11(16-9-12-2-3-13(16)8-12)17-14-6-7-18(10-14)15-4-5-15/h2-3,11-17H,4-10H2,1H3. The van der Waals surface area contributed by atoms with Gasteiger partial charge in [-0.15, -0.1) is 0 Å². The zero-order valence-corrected chi connectivity index (χ0v) is 11.5. The topological polar surface area (TPSA) is 15.3 Å². The first-order valence-corrected chi connectivity index (χ1v) is 7.98. The summed E-state index contributed by atoms with van der Waals surface area (Å²) < 4.78 is 0. The van der Waals surface area contributed by atoms with E-state index in [1.807, 2.05) is 0 Å². The summed E-state index contributed by atoms with van der Waals surface area (Å²) in [5.74, 6) is 2.71. The van der Waals surface area contributed by atoms with Gasteiger partial charge in [-0.1, -0.05) is 12.2 Å². The van der Waals surface area contributed by atoms with E-state index in [1.165, 1.54) is 45.2 Å². The van der Waals surface area contributed by atoms with Gasteiger partial charge in [0.05, 0.1) is 0 Å². The van der Waals surface area contributed by atoms with E-state index in [0.29, 0.717) is 6.04 Å². The first-order chi connectivity index (χ1) is 8.79. The second-order valence-corrected chi connectivity index (χ2v) is 7.11. The maximum atomic E-state index is 3.94. The molecule has 1 N–H and O–H groups in total. The molecule has 1 saturated heterocycles. The molecule has 5 atom stereocenters. The van der Waals surface area contributed by atoms with Gasteiger partial charge in [-0.3, -0.25) is 4.90 Å². The Hall–Kier alpha value is -0.340. The summed E-state index contributed by atoms with van der Waals surface area (Å²) >= 11 is 0. The number of hydrogen-bond donors (Lipinski definition) is 1. The lowest BCUT2D eigenvalue weighted by Gasteiger charge is -2.29. The van der Waals surface area contributed by atoms with Gasteiger partial charge in [0.15, 0.2) is 0 Å². The maximum Gasteiger partial charge on any atom is 0.0209 e. The summed E-state index contributed by atoms with van der Waals surface area (Å²) in [4.78, 5) is 2.71. The molecular formula is C16H26N2. The zero-order chi connectivity index (χ0) is 12.1. The molecule has 1 aliphatic heterocycles. The molecule has 4 aliphatic rings. The molecule has 0 radical (unpaired) electrons. The van der Waals surface area contributed by atoms with E-state index in [-0.39, 0.29) is 0 Å². The largest absolute Gasteiger partial charge is 0.310 e. The Bertz CT molecular complexity index is 347. The molecule has 0 aromatic heterocycles. The van der Waals surface area contributed by atoms with Crippen LogP contribution in [-0.4, -0.2) is 36.1 Å². The Balaban J connectivity index is 1.30. The molecule has 0 amide bonds. The van der Waals surface area contributed by atoms with Gasteiger partial charge in [0.1, 0.15) is 0 Å². The molecule has 18 heavy (non-hydrogen) atoms. The van der Waals surface area contributed by atoms with Crippen LogP contribution in [0.15, 0.2) is 12.2 Å². The van der Waals surface area contributed by atoms with Gasteiger partial charge in [-0.05, 0) is 56.8 Å². The van der Waals surface area contributed by atoms with Crippen LogP contribution < -0.4 is 5.32 Å². The number of allylic oxidation sites excluding steroid dienone is 2. The molecule has 5 unspecified atom stereocenters. The molecule has 0 aromatic carbocycles. The highest BCUT2D eigenvalue weighted by molar-refractivity contribution is 5.12. The molecule has 2 nitrogen and oxygen atoms in total. The van der Waals surface area contributed by atoms with E-state index in [1.54, 1.807) is 0 Å². The lowest BCUT2D eigenvalue weighted by Crippen LogP contribution is -2.43. The highest BCUT2D eigenvalue weighted by atomic mass is 15.2. The molecule has 100 valence electrons. The summed E-state index contributed by atoms with van der Waals surface area (Å²) in [5.41, 5.74) is 0. The van der Waals surface area contributed by atoms with Crippen LogP contribution in [0.2, 0.25) is 0 Å². The minimum Gasteiger partial charge on any atom is -0.310 e. The number of rotatable bonds is 4. The Morgan fingerprint density at radius 3 is 2.72 bits per heavy atom. The van der Waals surface area contributed by atoms with E-state index in [9.17, 15) is 0 Å². The highest BCUT2D eigenvalue weighted by Gasteiger charge is 2.40. The molecule has 0 aromatic rings. The summed E-state index contributed by atoms with van der Waals surface area (Å²) in [6.45, 7) is 5.08. The number of nitrogens with zero attached hydrogens (tertiary/aromatic N) is 1. The lowest BCUT2D eigenvalue weighted by molar-refractivity contribution is 0.281. The fraction of sp³-hybridized carbons (Fsp3) is 0.875. The Labute approximate surface area is 111 Å². The number of nitrogens with one attached hydrogen (secondary N) is 1. The van der Waals surface area contributed by atoms with Crippen LogP contribution in [-0.2, 0) is 0 Å². The summed E-state index contributed by atoms with van der Waals surface area (Å²) in [6.07, 6.45) is 12.1. The van der Waals surface area contributed by atoms with Crippen LogP contribution in [0.3, 0.4) is 0 Å². The van der Waals surface area contributed by atoms with Crippen molar-refractivity contribution in [3.8, 4) is 0 Å². The normalized spacial score (nSPS) is 44.9. The molecule has 3 fully saturated rings. The number of fused-ring (bicyclic) bond motifs is 2.